The van der Waals surface area contributed by atoms with Crippen molar-refractivity contribution in [2.24, 2.45) is 0 Å². The van der Waals surface area contributed by atoms with Gasteiger partial charge in [0.1, 0.15) is 0 Å². The summed E-state index contributed by atoms with van der Waals surface area (Å²) in [4.78, 5) is 0. The van der Waals surface area contributed by atoms with Crippen LogP contribution in [-0.4, -0.2) is 66.9 Å². The smallest absolute Gasteiger partial charge is 0.131 e. The molecule has 0 atom stereocenters. The van der Waals surface area contributed by atoms with Crippen LogP contribution < -0.4 is 0 Å². The summed E-state index contributed by atoms with van der Waals surface area (Å²) in [5.41, 5.74) is 0.328. The number of rotatable bonds is 2. The van der Waals surface area contributed by atoms with Crippen LogP contribution in [0.25, 0.3) is 23.0 Å². The van der Waals surface area contributed by atoms with E-state index in [4.69, 9.17) is 0 Å². The normalized spacial score (nSPS) is 10.4. The Labute approximate surface area is 103 Å². The first-order valence-corrected chi connectivity index (χ1v) is 4.84. The Morgan fingerprint density at radius 1 is 0.474 bits per heavy atom. The van der Waals surface area contributed by atoms with Crippen molar-refractivity contribution in [3.63, 3.8) is 0 Å². The van der Waals surface area contributed by atoms with Crippen molar-refractivity contribution in [3.05, 3.63) is 5.82 Å². The highest BCUT2D eigenvalue weighted by Crippen LogP contribution is 2.19. The first-order valence-electron chi connectivity index (χ1n) is 4.84. The fourth-order valence-electron chi connectivity index (χ4n) is 1.16. The van der Waals surface area contributed by atoms with E-state index in [1.165, 1.54) is 0 Å². The van der Waals surface area contributed by atoms with E-state index in [0.29, 0.717) is 5.82 Å². The number of hydrogen-bond acceptors (Lipinski definition) is 13. The lowest BCUT2D eigenvalue weighted by Crippen LogP contribution is -2.08. The van der Waals surface area contributed by atoms with Gasteiger partial charge in [-0.25, -0.2) is 0 Å². The molecule has 0 aliphatic heterocycles. The van der Waals surface area contributed by atoms with Crippen LogP contribution in [0.2, 0.25) is 0 Å². The maximum absolute atomic E-state index is 3.83. The molecule has 0 unspecified atom stereocenters. The van der Waals surface area contributed by atoms with Crippen molar-refractivity contribution in [2.45, 2.75) is 6.92 Å². The fourth-order valence-corrected chi connectivity index (χ4v) is 1.16. The van der Waals surface area contributed by atoms with Gasteiger partial charge in [0.25, 0.3) is 0 Å². The highest BCUT2D eigenvalue weighted by atomic mass is 15.5. The zero-order valence-corrected chi connectivity index (χ0v) is 9.31. The minimum atomic E-state index is 0.0663. The molecule has 0 saturated carbocycles. The van der Waals surface area contributed by atoms with E-state index in [-0.39, 0.29) is 23.0 Å². The lowest BCUT2D eigenvalue weighted by molar-refractivity contribution is 0.676. The van der Waals surface area contributed by atoms with Crippen LogP contribution in [-0.2, 0) is 0 Å². The summed E-state index contributed by atoms with van der Waals surface area (Å²) in [6.07, 6.45) is 0. The van der Waals surface area contributed by atoms with Crippen molar-refractivity contribution in [3.8, 4) is 23.0 Å². The molecule has 13 nitrogen and oxygen atoms in total. The molecule has 92 valence electrons. The van der Waals surface area contributed by atoms with Gasteiger partial charge in [-0.1, -0.05) is 0 Å². The van der Waals surface area contributed by atoms with E-state index in [1.807, 2.05) is 0 Å². The molecular formula is C6H3N13. The molecule has 0 aliphatic rings. The summed E-state index contributed by atoms with van der Waals surface area (Å²) in [5.74, 6) is 0.601. The summed E-state index contributed by atoms with van der Waals surface area (Å²) in [7, 11) is 0. The first kappa shape index (κ1) is 10.9. The van der Waals surface area contributed by atoms with Crippen LogP contribution in [0, 0.1) is 6.92 Å². The molecule has 19 heavy (non-hydrogen) atoms. The van der Waals surface area contributed by atoms with Gasteiger partial charge < -0.3 is 0 Å². The van der Waals surface area contributed by atoms with Gasteiger partial charge in [-0.3, -0.25) is 0 Å². The van der Waals surface area contributed by atoms with Gasteiger partial charge in [0.2, 0.25) is 11.6 Å². The second kappa shape index (κ2) is 4.55. The lowest BCUT2D eigenvalue weighted by atomic mass is 10.3. The van der Waals surface area contributed by atoms with Gasteiger partial charge in [-0.05, 0) is 33.0 Å². The molecule has 0 N–H and O–H groups in total. The average molecular weight is 257 g/mol. The van der Waals surface area contributed by atoms with Gasteiger partial charge in [-0.15, -0.1) is 40.8 Å². The first-order chi connectivity index (χ1) is 9.34. The molecular weight excluding hydrogens is 254 g/mol. The van der Waals surface area contributed by atoms with Crippen molar-refractivity contribution in [2.75, 3.05) is 0 Å². The minimum Gasteiger partial charge on any atom is -0.131 e. The van der Waals surface area contributed by atoms with Crippen LogP contribution in [0.5, 0.6) is 0 Å². The Balaban J connectivity index is 2.15. The monoisotopic (exact) mass is 257 g/mol. The molecule has 3 aromatic heterocycles. The van der Waals surface area contributed by atoms with Gasteiger partial charge in [0.15, 0.2) is 17.2 Å². The molecule has 0 fully saturated rings. The molecule has 0 radical (unpaired) electrons. The van der Waals surface area contributed by atoms with Gasteiger partial charge in [-0.2, -0.15) is 0 Å². The number of hydrogen-bond donors (Lipinski definition) is 0. The van der Waals surface area contributed by atoms with Crippen LogP contribution in [0.4, 0.5) is 0 Å². The predicted octanol–water partition coefficient (Wildman–Crippen LogP) is -2.54. The Hall–Kier alpha value is -3.25. The van der Waals surface area contributed by atoms with Crippen molar-refractivity contribution >= 4 is 0 Å². The van der Waals surface area contributed by atoms with Crippen molar-refractivity contribution in [1.29, 1.82) is 0 Å². The highest BCUT2D eigenvalue weighted by Gasteiger charge is 2.18. The summed E-state index contributed by atoms with van der Waals surface area (Å²) in [6, 6.07) is 0. The average Bonchev–Trinajstić information content (AvgIpc) is 2.49. The van der Waals surface area contributed by atoms with E-state index < -0.39 is 0 Å². The van der Waals surface area contributed by atoms with E-state index >= 15 is 0 Å². The quantitative estimate of drug-likeness (QED) is 0.471. The third-order valence-corrected chi connectivity index (χ3v) is 1.92. The third-order valence-electron chi connectivity index (χ3n) is 1.92. The SMILES string of the molecule is Cc1nnc(-c2nnnnc2-c2nnnnn2)nn1. The number of aryl methyl sites for hydroxylation is 1. The van der Waals surface area contributed by atoms with Crippen LogP contribution >= 0.6 is 0 Å². The molecule has 0 saturated heterocycles. The lowest BCUT2D eigenvalue weighted by Gasteiger charge is -1.99. The second-order valence-electron chi connectivity index (χ2n) is 3.14. The fraction of sp³-hybridized carbons (Fsp3) is 0.167. The highest BCUT2D eigenvalue weighted by molar-refractivity contribution is 5.67. The van der Waals surface area contributed by atoms with Gasteiger partial charge in [0.05, 0.1) is 0 Å². The molecule has 3 aromatic rings. The third kappa shape index (κ3) is 2.11. The maximum atomic E-state index is 3.83. The summed E-state index contributed by atoms with van der Waals surface area (Å²) in [6.45, 7) is 1.65. The Morgan fingerprint density at radius 2 is 0.947 bits per heavy atom. The van der Waals surface area contributed by atoms with Gasteiger partial charge in [0, 0.05) is 0 Å². The van der Waals surface area contributed by atoms with E-state index in [1.54, 1.807) is 6.92 Å². The Kier molecular flexibility index (Phi) is 2.61. The molecule has 13 heteroatoms. The summed E-state index contributed by atoms with van der Waals surface area (Å²) in [5, 5.41) is 46.8. The van der Waals surface area contributed by atoms with Crippen molar-refractivity contribution in [1.82, 2.24) is 66.9 Å². The summed E-state index contributed by atoms with van der Waals surface area (Å²) >= 11 is 0. The van der Waals surface area contributed by atoms with Crippen LogP contribution in [0.3, 0.4) is 0 Å². The predicted molar refractivity (Wildman–Crippen MR) is 53.4 cm³/mol. The zero-order chi connectivity index (χ0) is 13.1. The largest absolute Gasteiger partial charge is 0.229 e. The Bertz CT molecular complexity index is 681. The standard InChI is InChI=1S/C6H3N13/c1-2-7-11-5(12-8-2)3-4(10-16-15-9-3)6-13-17-19-18-14-6/h1H3. The van der Waals surface area contributed by atoms with E-state index in [9.17, 15) is 0 Å². The van der Waals surface area contributed by atoms with Crippen LogP contribution in [0.15, 0.2) is 0 Å². The molecule has 0 spiro atoms. The minimum absolute atomic E-state index is 0.0663. The molecule has 0 amide bonds. The van der Waals surface area contributed by atoms with Crippen LogP contribution in [0.1, 0.15) is 5.82 Å². The maximum Gasteiger partial charge on any atom is 0.229 e. The Morgan fingerprint density at radius 3 is 1.53 bits per heavy atom. The number of nitrogens with zero attached hydrogens (tertiary/aromatic N) is 13. The molecule has 0 aromatic carbocycles. The topological polar surface area (TPSA) is 168 Å². The second-order valence-corrected chi connectivity index (χ2v) is 3.14. The van der Waals surface area contributed by atoms with E-state index in [0.717, 1.165) is 0 Å². The molecule has 3 heterocycles. The zero-order valence-electron chi connectivity index (χ0n) is 9.31. The molecule has 3 rings (SSSR count). The van der Waals surface area contributed by atoms with E-state index in [2.05, 4.69) is 66.9 Å². The van der Waals surface area contributed by atoms with Crippen molar-refractivity contribution < 1.29 is 0 Å². The molecule has 0 bridgehead atoms. The van der Waals surface area contributed by atoms with Gasteiger partial charge >= 0.3 is 0 Å². The molecule has 0 aliphatic carbocycles. The summed E-state index contributed by atoms with van der Waals surface area (Å²) < 4.78 is 0. The number of aromatic nitrogens is 13.